The van der Waals surface area contributed by atoms with E-state index in [0.29, 0.717) is 12.2 Å². The standard InChI is InChI=1S/C12H15N3O3S/c1-3-15-8-12(13-9-15)19(17,18)14(2)10-5-4-6-11(16)7-10/h4-9,16H,3H2,1-2H3. The molecule has 0 radical (unpaired) electrons. The summed E-state index contributed by atoms with van der Waals surface area (Å²) >= 11 is 0. The molecule has 0 unspecified atom stereocenters. The summed E-state index contributed by atoms with van der Waals surface area (Å²) < 4.78 is 27.5. The second-order valence-electron chi connectivity index (χ2n) is 4.03. The molecular formula is C12H15N3O3S. The molecule has 0 amide bonds. The molecule has 1 N–H and O–H groups in total. The van der Waals surface area contributed by atoms with E-state index in [4.69, 9.17) is 0 Å². The molecule has 6 nitrogen and oxygen atoms in total. The van der Waals surface area contributed by atoms with Crippen molar-refractivity contribution in [1.82, 2.24) is 9.55 Å². The zero-order valence-corrected chi connectivity index (χ0v) is 11.5. The highest BCUT2D eigenvalue weighted by atomic mass is 32.2. The summed E-state index contributed by atoms with van der Waals surface area (Å²) in [5, 5.41) is 9.39. The van der Waals surface area contributed by atoms with Crippen molar-refractivity contribution in [1.29, 1.82) is 0 Å². The zero-order valence-electron chi connectivity index (χ0n) is 10.7. The fraction of sp³-hybridized carbons (Fsp3) is 0.250. The number of nitrogens with zero attached hydrogens (tertiary/aromatic N) is 3. The highest BCUT2D eigenvalue weighted by Crippen LogP contribution is 2.24. The van der Waals surface area contributed by atoms with Gasteiger partial charge in [0.2, 0.25) is 0 Å². The number of aromatic nitrogens is 2. The van der Waals surface area contributed by atoms with E-state index in [0.717, 1.165) is 4.31 Å². The van der Waals surface area contributed by atoms with Gasteiger partial charge in [-0.2, -0.15) is 8.42 Å². The summed E-state index contributed by atoms with van der Waals surface area (Å²) in [5.74, 6) is 0.0126. The molecular weight excluding hydrogens is 266 g/mol. The van der Waals surface area contributed by atoms with Gasteiger partial charge in [0.15, 0.2) is 5.03 Å². The number of sulfonamides is 1. The van der Waals surface area contributed by atoms with E-state index in [1.165, 1.54) is 31.7 Å². The van der Waals surface area contributed by atoms with Gasteiger partial charge >= 0.3 is 0 Å². The lowest BCUT2D eigenvalue weighted by Gasteiger charge is -2.17. The van der Waals surface area contributed by atoms with E-state index in [9.17, 15) is 13.5 Å². The number of imidazole rings is 1. The Morgan fingerprint density at radius 1 is 1.42 bits per heavy atom. The van der Waals surface area contributed by atoms with Crippen LogP contribution in [-0.2, 0) is 16.6 Å². The summed E-state index contributed by atoms with van der Waals surface area (Å²) in [4.78, 5) is 3.90. The number of benzene rings is 1. The van der Waals surface area contributed by atoms with Gasteiger partial charge in [-0.25, -0.2) is 4.98 Å². The summed E-state index contributed by atoms with van der Waals surface area (Å²) in [6, 6.07) is 6.06. The Morgan fingerprint density at radius 2 is 2.16 bits per heavy atom. The van der Waals surface area contributed by atoms with Gasteiger partial charge in [0.05, 0.1) is 12.0 Å². The van der Waals surface area contributed by atoms with E-state index in [1.54, 1.807) is 16.7 Å². The number of phenolic OH excluding ortho intramolecular Hbond substituents is 1. The Labute approximate surface area is 112 Å². The van der Waals surface area contributed by atoms with Crippen LogP contribution in [-0.4, -0.2) is 30.1 Å². The van der Waals surface area contributed by atoms with Crippen LogP contribution < -0.4 is 4.31 Å². The number of hydrogen-bond donors (Lipinski definition) is 1. The summed E-state index contributed by atoms with van der Waals surface area (Å²) in [7, 11) is -2.28. The number of rotatable bonds is 4. The van der Waals surface area contributed by atoms with E-state index in [2.05, 4.69) is 4.98 Å². The fourth-order valence-corrected chi connectivity index (χ4v) is 2.73. The number of anilines is 1. The van der Waals surface area contributed by atoms with Crippen molar-refractivity contribution in [2.45, 2.75) is 18.5 Å². The number of phenols is 1. The van der Waals surface area contributed by atoms with Crippen molar-refractivity contribution < 1.29 is 13.5 Å². The molecule has 0 fully saturated rings. The molecule has 1 heterocycles. The maximum absolute atomic E-state index is 12.3. The third-order valence-corrected chi connectivity index (χ3v) is 4.46. The van der Waals surface area contributed by atoms with Crippen LogP contribution in [0.1, 0.15) is 6.92 Å². The maximum atomic E-state index is 12.3. The van der Waals surface area contributed by atoms with Crippen LogP contribution in [0.2, 0.25) is 0 Å². The first-order chi connectivity index (χ1) is 8.95. The Balaban J connectivity index is 2.39. The Kier molecular flexibility index (Phi) is 3.48. The van der Waals surface area contributed by atoms with Crippen molar-refractivity contribution in [3.63, 3.8) is 0 Å². The summed E-state index contributed by atoms with van der Waals surface area (Å²) in [6.07, 6.45) is 2.96. The van der Waals surface area contributed by atoms with Gasteiger partial charge in [0, 0.05) is 25.9 Å². The Hall–Kier alpha value is -2.02. The molecule has 0 aliphatic rings. The number of hydrogen-bond acceptors (Lipinski definition) is 4. The Morgan fingerprint density at radius 3 is 2.74 bits per heavy atom. The van der Waals surface area contributed by atoms with Crippen molar-refractivity contribution in [2.24, 2.45) is 0 Å². The smallest absolute Gasteiger partial charge is 0.283 e. The lowest BCUT2D eigenvalue weighted by molar-refractivity contribution is 0.475. The van der Waals surface area contributed by atoms with E-state index < -0.39 is 10.0 Å². The highest BCUT2D eigenvalue weighted by molar-refractivity contribution is 7.92. The molecule has 0 spiro atoms. The molecule has 2 aromatic rings. The molecule has 7 heteroatoms. The topological polar surface area (TPSA) is 75.4 Å². The molecule has 1 aromatic carbocycles. The van der Waals surface area contributed by atoms with Crippen LogP contribution in [0, 0.1) is 0 Å². The number of aromatic hydroxyl groups is 1. The second kappa shape index (κ2) is 4.93. The molecule has 0 saturated carbocycles. The minimum atomic E-state index is -3.71. The van der Waals surface area contributed by atoms with Gasteiger partial charge in [-0.05, 0) is 19.1 Å². The molecule has 1 aromatic heterocycles. The van der Waals surface area contributed by atoms with Gasteiger partial charge in [-0.15, -0.1) is 0 Å². The highest BCUT2D eigenvalue weighted by Gasteiger charge is 2.24. The molecule has 0 saturated heterocycles. The van der Waals surface area contributed by atoms with Gasteiger partial charge < -0.3 is 9.67 Å². The van der Waals surface area contributed by atoms with Crippen LogP contribution in [0.25, 0.3) is 0 Å². The SMILES string of the molecule is CCn1cnc(S(=O)(=O)N(C)c2cccc(O)c2)c1. The van der Waals surface area contributed by atoms with Crippen LogP contribution >= 0.6 is 0 Å². The molecule has 102 valence electrons. The molecule has 0 aliphatic heterocycles. The molecule has 19 heavy (non-hydrogen) atoms. The number of aryl methyl sites for hydroxylation is 1. The minimum absolute atomic E-state index is 0.0126. The Bertz CT molecular complexity index is 679. The molecule has 0 bridgehead atoms. The molecule has 0 aliphatic carbocycles. The average molecular weight is 281 g/mol. The van der Waals surface area contributed by atoms with Crippen molar-refractivity contribution in [2.75, 3.05) is 11.4 Å². The predicted octanol–water partition coefficient (Wildman–Crippen LogP) is 1.43. The van der Waals surface area contributed by atoms with Crippen LogP contribution in [0.15, 0.2) is 41.8 Å². The minimum Gasteiger partial charge on any atom is -0.508 e. The monoisotopic (exact) mass is 281 g/mol. The van der Waals surface area contributed by atoms with Gasteiger partial charge in [0.25, 0.3) is 10.0 Å². The van der Waals surface area contributed by atoms with Crippen LogP contribution in [0.3, 0.4) is 0 Å². The lowest BCUT2D eigenvalue weighted by Crippen LogP contribution is -2.26. The van der Waals surface area contributed by atoms with Gasteiger partial charge in [0.1, 0.15) is 5.75 Å². The first-order valence-electron chi connectivity index (χ1n) is 5.75. The van der Waals surface area contributed by atoms with Gasteiger partial charge in [-0.1, -0.05) is 6.07 Å². The largest absolute Gasteiger partial charge is 0.508 e. The predicted molar refractivity (Wildman–Crippen MR) is 71.6 cm³/mol. The molecule has 0 atom stereocenters. The third kappa shape index (κ3) is 2.55. The molecule has 2 rings (SSSR count). The van der Waals surface area contributed by atoms with Gasteiger partial charge in [-0.3, -0.25) is 4.31 Å². The van der Waals surface area contributed by atoms with Crippen LogP contribution in [0.4, 0.5) is 5.69 Å². The fourth-order valence-electron chi connectivity index (χ4n) is 1.61. The quantitative estimate of drug-likeness (QED) is 0.920. The first-order valence-corrected chi connectivity index (χ1v) is 7.19. The summed E-state index contributed by atoms with van der Waals surface area (Å²) in [6.45, 7) is 2.55. The normalized spacial score (nSPS) is 11.5. The van der Waals surface area contributed by atoms with Crippen molar-refractivity contribution in [3.8, 4) is 5.75 Å². The van der Waals surface area contributed by atoms with E-state index >= 15 is 0 Å². The second-order valence-corrected chi connectivity index (χ2v) is 5.95. The van der Waals surface area contributed by atoms with E-state index in [1.807, 2.05) is 6.92 Å². The maximum Gasteiger partial charge on any atom is 0.283 e. The van der Waals surface area contributed by atoms with Crippen molar-refractivity contribution in [3.05, 3.63) is 36.8 Å². The summed E-state index contributed by atoms with van der Waals surface area (Å²) in [5.41, 5.74) is 0.381. The lowest BCUT2D eigenvalue weighted by atomic mass is 10.3. The van der Waals surface area contributed by atoms with Crippen molar-refractivity contribution >= 4 is 15.7 Å². The van der Waals surface area contributed by atoms with E-state index in [-0.39, 0.29) is 10.8 Å². The first kappa shape index (κ1) is 13.4. The third-order valence-electron chi connectivity index (χ3n) is 2.79. The average Bonchev–Trinajstić information content (AvgIpc) is 2.87. The zero-order chi connectivity index (χ0) is 14.0. The van der Waals surface area contributed by atoms with Crippen LogP contribution in [0.5, 0.6) is 5.75 Å².